The van der Waals surface area contributed by atoms with Gasteiger partial charge in [0.2, 0.25) is 12.6 Å². The van der Waals surface area contributed by atoms with Crippen molar-refractivity contribution in [3.63, 3.8) is 0 Å². The van der Waals surface area contributed by atoms with E-state index >= 15 is 0 Å². The predicted molar refractivity (Wildman–Crippen MR) is 77.2 cm³/mol. The summed E-state index contributed by atoms with van der Waals surface area (Å²) in [5.74, 6) is -0.351. The average molecular weight is 315 g/mol. The third-order valence-electron chi connectivity index (χ3n) is 2.67. The molecule has 1 aromatic rings. The van der Waals surface area contributed by atoms with Crippen LogP contribution >= 0.6 is 11.3 Å². The van der Waals surface area contributed by atoms with Crippen molar-refractivity contribution in [3.05, 3.63) is 21.7 Å². The molecule has 1 aromatic heterocycles. The molecule has 2 atom stereocenters. The SMILES string of the molecule is C[C@H](CCNCN=N[N+](=O)[O-])[C@H](N)C(=O)Nc1nccs1. The number of nitro groups is 1. The van der Waals surface area contributed by atoms with E-state index in [1.807, 2.05) is 6.92 Å². The van der Waals surface area contributed by atoms with Crippen LogP contribution in [0.1, 0.15) is 13.3 Å². The summed E-state index contributed by atoms with van der Waals surface area (Å²) in [6.45, 7) is 2.43. The van der Waals surface area contributed by atoms with Gasteiger partial charge < -0.3 is 21.2 Å². The third kappa shape index (κ3) is 6.83. The molecule has 0 fully saturated rings. The van der Waals surface area contributed by atoms with Gasteiger partial charge in [0.1, 0.15) is 0 Å². The van der Waals surface area contributed by atoms with E-state index in [0.717, 1.165) is 0 Å². The molecular formula is C10H17N7O3S. The van der Waals surface area contributed by atoms with Crippen molar-refractivity contribution in [3.8, 4) is 0 Å². The molecule has 4 N–H and O–H groups in total. The summed E-state index contributed by atoms with van der Waals surface area (Å²) < 4.78 is 0. The van der Waals surface area contributed by atoms with Gasteiger partial charge in [0, 0.05) is 11.6 Å². The Bertz CT molecular complexity index is 479. The second-order valence-electron chi connectivity index (χ2n) is 4.25. The number of nitrogens with zero attached hydrogens (tertiary/aromatic N) is 4. The van der Waals surface area contributed by atoms with Gasteiger partial charge in [-0.15, -0.1) is 11.3 Å². The molecule has 11 heteroatoms. The Labute approximate surface area is 125 Å². The summed E-state index contributed by atoms with van der Waals surface area (Å²) in [6.07, 6.45) is 2.22. The van der Waals surface area contributed by atoms with Gasteiger partial charge in [0.25, 0.3) is 0 Å². The van der Waals surface area contributed by atoms with Crippen LogP contribution in [0.25, 0.3) is 0 Å². The van der Waals surface area contributed by atoms with Gasteiger partial charge in [-0.2, -0.15) is 0 Å². The van der Waals surface area contributed by atoms with Crippen LogP contribution in [0, 0.1) is 16.0 Å². The first-order chi connectivity index (χ1) is 10.0. The fourth-order valence-electron chi connectivity index (χ4n) is 1.45. The number of anilines is 1. The first kappa shape index (κ1) is 17.1. The lowest BCUT2D eigenvalue weighted by molar-refractivity contribution is -0.494. The molecular weight excluding hydrogens is 298 g/mol. The normalized spacial score (nSPS) is 14.0. The molecule has 0 aliphatic carbocycles. The van der Waals surface area contributed by atoms with Crippen LogP contribution < -0.4 is 16.4 Å². The summed E-state index contributed by atoms with van der Waals surface area (Å²) in [7, 11) is 0. The van der Waals surface area contributed by atoms with Crippen LogP contribution in [-0.4, -0.2) is 35.2 Å². The van der Waals surface area contributed by atoms with Crippen LogP contribution in [0.2, 0.25) is 0 Å². The monoisotopic (exact) mass is 315 g/mol. The Morgan fingerprint density at radius 1 is 1.67 bits per heavy atom. The molecule has 10 nitrogen and oxygen atoms in total. The average Bonchev–Trinajstić information content (AvgIpc) is 2.94. The fraction of sp³-hybridized carbons (Fsp3) is 0.600. The van der Waals surface area contributed by atoms with Crippen molar-refractivity contribution in [2.45, 2.75) is 19.4 Å². The minimum Gasteiger partial charge on any atom is -0.337 e. The molecule has 0 bridgehead atoms. The van der Waals surface area contributed by atoms with Crippen LogP contribution in [0.5, 0.6) is 0 Å². The van der Waals surface area contributed by atoms with Gasteiger partial charge in [-0.1, -0.05) is 6.92 Å². The number of nitrogens with one attached hydrogen (secondary N) is 2. The van der Waals surface area contributed by atoms with E-state index in [1.165, 1.54) is 11.3 Å². The van der Waals surface area contributed by atoms with Gasteiger partial charge in [-0.25, -0.2) is 4.98 Å². The summed E-state index contributed by atoms with van der Waals surface area (Å²) in [5.41, 5.74) is 5.86. The van der Waals surface area contributed by atoms with E-state index in [0.29, 0.717) is 18.1 Å². The Morgan fingerprint density at radius 2 is 2.43 bits per heavy atom. The molecule has 0 aliphatic rings. The lowest BCUT2D eigenvalue weighted by Crippen LogP contribution is -2.41. The quantitative estimate of drug-likeness (QED) is 0.263. The number of amides is 1. The molecule has 1 amide bonds. The Kier molecular flexibility index (Phi) is 7.36. The maximum Gasteiger partial charge on any atom is 0.243 e. The zero-order valence-corrected chi connectivity index (χ0v) is 12.2. The lowest BCUT2D eigenvalue weighted by Gasteiger charge is -2.18. The molecule has 0 aromatic carbocycles. The highest BCUT2D eigenvalue weighted by Gasteiger charge is 2.21. The molecule has 0 spiro atoms. The molecule has 116 valence electrons. The van der Waals surface area contributed by atoms with Gasteiger partial charge in [0.15, 0.2) is 10.4 Å². The molecule has 0 unspecified atom stereocenters. The molecule has 0 saturated carbocycles. The second kappa shape index (κ2) is 9.05. The first-order valence-corrected chi connectivity index (χ1v) is 7.07. The summed E-state index contributed by atoms with van der Waals surface area (Å²) in [6, 6.07) is -0.656. The number of rotatable bonds is 9. The molecule has 0 aliphatic heterocycles. The minimum absolute atomic E-state index is 0.0499. The van der Waals surface area contributed by atoms with Gasteiger partial charge in [-0.3, -0.25) is 10.1 Å². The maximum absolute atomic E-state index is 11.9. The third-order valence-corrected chi connectivity index (χ3v) is 3.36. The minimum atomic E-state index is -0.872. The highest BCUT2D eigenvalue weighted by Crippen LogP contribution is 2.13. The zero-order chi connectivity index (χ0) is 15.7. The predicted octanol–water partition coefficient (Wildman–Crippen LogP) is 0.626. The van der Waals surface area contributed by atoms with Gasteiger partial charge in [-0.05, 0) is 18.9 Å². The fourth-order valence-corrected chi connectivity index (χ4v) is 1.99. The van der Waals surface area contributed by atoms with Crippen molar-refractivity contribution in [2.75, 3.05) is 18.5 Å². The van der Waals surface area contributed by atoms with E-state index in [-0.39, 0.29) is 18.5 Å². The maximum atomic E-state index is 11.9. The van der Waals surface area contributed by atoms with Crippen LogP contribution in [0.3, 0.4) is 0 Å². The number of hydrogen-bond donors (Lipinski definition) is 3. The Balaban J connectivity index is 2.22. The smallest absolute Gasteiger partial charge is 0.243 e. The summed E-state index contributed by atoms with van der Waals surface area (Å²) in [5, 5.41) is 22.8. The largest absolute Gasteiger partial charge is 0.337 e. The van der Waals surface area contributed by atoms with E-state index in [1.54, 1.807) is 11.6 Å². The molecule has 0 saturated heterocycles. The molecule has 0 radical (unpaired) electrons. The number of nitrogens with two attached hydrogens (primary N) is 1. The number of thiazole rings is 1. The number of hydrogen-bond acceptors (Lipinski definition) is 8. The van der Waals surface area contributed by atoms with Crippen molar-refractivity contribution in [1.29, 1.82) is 0 Å². The van der Waals surface area contributed by atoms with E-state index in [2.05, 4.69) is 26.0 Å². The van der Waals surface area contributed by atoms with Crippen LogP contribution in [-0.2, 0) is 4.79 Å². The molecule has 1 heterocycles. The number of carbonyl (C=O) groups is 1. The zero-order valence-electron chi connectivity index (χ0n) is 11.4. The Hall–Kier alpha value is -1.98. The highest BCUT2D eigenvalue weighted by atomic mass is 32.1. The standard InChI is InChI=1S/C10H17N7O3S/c1-7(2-3-12-6-14-16-17(19)20)8(11)9(18)15-10-13-4-5-21-10/h4-5,7-8,12H,2-3,6,11H2,1H3,(H,13,15,18)/t7-,8+/m1/s1. The van der Waals surface area contributed by atoms with Crippen LogP contribution in [0.4, 0.5) is 5.13 Å². The molecule has 21 heavy (non-hydrogen) atoms. The van der Waals surface area contributed by atoms with Crippen molar-refractivity contribution in [2.24, 2.45) is 22.0 Å². The second-order valence-corrected chi connectivity index (χ2v) is 5.14. The summed E-state index contributed by atoms with van der Waals surface area (Å²) >= 11 is 1.32. The first-order valence-electron chi connectivity index (χ1n) is 6.19. The topological polar surface area (TPSA) is 148 Å². The van der Waals surface area contributed by atoms with Crippen molar-refractivity contribution in [1.82, 2.24) is 10.3 Å². The van der Waals surface area contributed by atoms with Gasteiger partial charge in [0.05, 0.1) is 16.2 Å². The highest BCUT2D eigenvalue weighted by molar-refractivity contribution is 7.13. The van der Waals surface area contributed by atoms with E-state index < -0.39 is 11.1 Å². The van der Waals surface area contributed by atoms with Crippen LogP contribution in [0.15, 0.2) is 21.9 Å². The molecule has 1 rings (SSSR count). The van der Waals surface area contributed by atoms with E-state index in [9.17, 15) is 14.9 Å². The lowest BCUT2D eigenvalue weighted by atomic mass is 9.98. The summed E-state index contributed by atoms with van der Waals surface area (Å²) in [4.78, 5) is 25.7. The van der Waals surface area contributed by atoms with E-state index in [4.69, 9.17) is 5.73 Å². The van der Waals surface area contributed by atoms with Crippen molar-refractivity contribution < 1.29 is 9.83 Å². The number of carbonyl (C=O) groups excluding carboxylic acids is 1. The van der Waals surface area contributed by atoms with Gasteiger partial charge >= 0.3 is 0 Å². The van der Waals surface area contributed by atoms with Crippen molar-refractivity contribution >= 4 is 22.4 Å². The number of aromatic nitrogens is 1. The Morgan fingerprint density at radius 3 is 3.05 bits per heavy atom.